The number of aromatic hydroxyl groups is 1. The highest BCUT2D eigenvalue weighted by molar-refractivity contribution is 6.18. The van der Waals surface area contributed by atoms with Crippen LogP contribution in [0.25, 0.3) is 22.2 Å². The molecule has 0 aliphatic rings. The van der Waals surface area contributed by atoms with Gasteiger partial charge in [-0.1, -0.05) is 18.2 Å². The number of anilines is 1. The van der Waals surface area contributed by atoms with Gasteiger partial charge in [-0.05, 0) is 67.1 Å². The van der Waals surface area contributed by atoms with Crippen LogP contribution in [0.3, 0.4) is 0 Å². The summed E-state index contributed by atoms with van der Waals surface area (Å²) in [5.74, 6) is -1.54. The van der Waals surface area contributed by atoms with Gasteiger partial charge in [0.1, 0.15) is 22.8 Å². The molecule has 5 rings (SSSR count). The lowest BCUT2D eigenvalue weighted by atomic mass is 10.1. The van der Waals surface area contributed by atoms with E-state index in [-0.39, 0.29) is 28.5 Å². The number of hydrogen-bond acceptors (Lipinski definition) is 5. The van der Waals surface area contributed by atoms with E-state index >= 15 is 0 Å². The van der Waals surface area contributed by atoms with Crippen LogP contribution in [0.4, 0.5) is 10.1 Å². The van der Waals surface area contributed by atoms with Crippen molar-refractivity contribution in [3.63, 3.8) is 0 Å². The summed E-state index contributed by atoms with van der Waals surface area (Å²) in [6, 6.07) is 18.6. The number of fused-ring (bicyclic) bond motifs is 1. The first-order valence-corrected chi connectivity index (χ1v) is 10.4. The number of H-pyrrole nitrogens is 1. The Bertz CT molecular complexity index is 1550. The molecule has 168 valence electrons. The van der Waals surface area contributed by atoms with Crippen molar-refractivity contribution in [2.45, 2.75) is 6.92 Å². The molecule has 3 N–H and O–H groups in total. The third-order valence-corrected chi connectivity index (χ3v) is 5.40. The number of hydrogen-bond donors (Lipinski definition) is 3. The zero-order valence-electron chi connectivity index (χ0n) is 17.9. The van der Waals surface area contributed by atoms with Crippen LogP contribution in [0.2, 0.25) is 0 Å². The number of phenols is 1. The fourth-order valence-electron chi connectivity index (χ4n) is 3.68. The minimum atomic E-state index is -0.551. The minimum absolute atomic E-state index is 0.0477. The van der Waals surface area contributed by atoms with Crippen molar-refractivity contribution in [3.8, 4) is 17.0 Å². The van der Waals surface area contributed by atoms with Gasteiger partial charge in [-0.2, -0.15) is 5.10 Å². The molecule has 5 aromatic rings. The summed E-state index contributed by atoms with van der Waals surface area (Å²) in [6.45, 7) is 1.85. The number of aryl methyl sites for hydroxylation is 1. The first-order chi connectivity index (χ1) is 16.4. The van der Waals surface area contributed by atoms with E-state index in [1.165, 1.54) is 30.3 Å². The molecule has 0 radical (unpaired) electrons. The lowest BCUT2D eigenvalue weighted by molar-refractivity contribution is 0.101. The number of furan rings is 1. The standard InChI is InChI=1S/C26H18FN3O4/c1-14-6-11-17(21(31)12-14)19-13-20(30-29-19)26(33)28-23-18-4-2-3-5-22(18)34-25(23)24(32)15-7-9-16(27)10-8-15/h2-13,31H,1H3,(H,28,33)(H,29,30). The van der Waals surface area contributed by atoms with Crippen molar-refractivity contribution < 1.29 is 23.5 Å². The van der Waals surface area contributed by atoms with Crippen LogP contribution in [0.5, 0.6) is 5.75 Å². The molecular formula is C26H18FN3O4. The quantitative estimate of drug-likeness (QED) is 0.305. The van der Waals surface area contributed by atoms with Gasteiger partial charge in [-0.3, -0.25) is 14.7 Å². The number of halogens is 1. The van der Waals surface area contributed by atoms with Crippen molar-refractivity contribution in [1.29, 1.82) is 0 Å². The van der Waals surface area contributed by atoms with Gasteiger partial charge in [0.2, 0.25) is 5.78 Å². The normalized spacial score (nSPS) is 11.0. The van der Waals surface area contributed by atoms with Crippen molar-refractivity contribution >= 4 is 28.3 Å². The largest absolute Gasteiger partial charge is 0.507 e. The van der Waals surface area contributed by atoms with E-state index in [1.54, 1.807) is 36.4 Å². The molecule has 0 atom stereocenters. The van der Waals surface area contributed by atoms with Crippen LogP contribution >= 0.6 is 0 Å². The molecule has 34 heavy (non-hydrogen) atoms. The Morgan fingerprint density at radius 2 is 1.79 bits per heavy atom. The lowest BCUT2D eigenvalue weighted by Gasteiger charge is -2.05. The van der Waals surface area contributed by atoms with Crippen LogP contribution in [-0.2, 0) is 0 Å². The van der Waals surface area contributed by atoms with Gasteiger partial charge in [0.25, 0.3) is 5.91 Å². The molecule has 0 aliphatic carbocycles. The van der Waals surface area contributed by atoms with Gasteiger partial charge in [-0.15, -0.1) is 0 Å². The average molecular weight is 455 g/mol. The molecule has 0 fully saturated rings. The van der Waals surface area contributed by atoms with E-state index in [0.717, 1.165) is 5.56 Å². The number of ketones is 1. The number of carbonyl (C=O) groups is 2. The zero-order valence-corrected chi connectivity index (χ0v) is 17.9. The zero-order chi connectivity index (χ0) is 23.8. The summed E-state index contributed by atoms with van der Waals surface area (Å²) in [7, 11) is 0. The fourth-order valence-corrected chi connectivity index (χ4v) is 3.68. The minimum Gasteiger partial charge on any atom is -0.507 e. The molecule has 0 saturated carbocycles. The van der Waals surface area contributed by atoms with E-state index < -0.39 is 17.5 Å². The number of phenolic OH excluding ortho intramolecular Hbond substituents is 1. The Hall–Kier alpha value is -4.72. The van der Waals surface area contributed by atoms with Gasteiger partial charge in [0.15, 0.2) is 5.76 Å². The molecule has 0 unspecified atom stereocenters. The van der Waals surface area contributed by atoms with E-state index in [2.05, 4.69) is 15.5 Å². The van der Waals surface area contributed by atoms with Gasteiger partial charge >= 0.3 is 0 Å². The molecule has 2 heterocycles. The van der Waals surface area contributed by atoms with E-state index in [0.29, 0.717) is 22.2 Å². The maximum Gasteiger partial charge on any atom is 0.273 e. The molecule has 3 aromatic carbocycles. The molecular weight excluding hydrogens is 437 g/mol. The van der Waals surface area contributed by atoms with Crippen LogP contribution in [0.1, 0.15) is 32.2 Å². The number of amides is 1. The van der Waals surface area contributed by atoms with Crippen molar-refractivity contribution in [1.82, 2.24) is 10.2 Å². The Balaban J connectivity index is 1.50. The van der Waals surface area contributed by atoms with Crippen LogP contribution < -0.4 is 5.32 Å². The van der Waals surface area contributed by atoms with Crippen molar-refractivity contribution in [2.24, 2.45) is 0 Å². The maximum absolute atomic E-state index is 13.3. The Kier molecular flexibility index (Phi) is 5.18. The summed E-state index contributed by atoms with van der Waals surface area (Å²) < 4.78 is 19.1. The van der Waals surface area contributed by atoms with Gasteiger partial charge in [-0.25, -0.2) is 4.39 Å². The smallest absolute Gasteiger partial charge is 0.273 e. The number of aromatic amines is 1. The summed E-state index contributed by atoms with van der Waals surface area (Å²) in [5, 5.41) is 20.3. The molecule has 0 bridgehead atoms. The second kappa shape index (κ2) is 8.32. The van der Waals surface area contributed by atoms with Crippen LogP contribution in [-0.4, -0.2) is 27.0 Å². The van der Waals surface area contributed by atoms with Crippen LogP contribution in [0.15, 0.2) is 77.2 Å². The van der Waals surface area contributed by atoms with Gasteiger partial charge in [0, 0.05) is 16.5 Å². The molecule has 0 aliphatic heterocycles. The number of nitrogens with one attached hydrogen (secondary N) is 2. The Labute approximate surface area is 192 Å². The molecule has 8 heteroatoms. The predicted octanol–water partition coefficient (Wildman–Crippen LogP) is 5.46. The molecule has 2 aromatic heterocycles. The lowest BCUT2D eigenvalue weighted by Crippen LogP contribution is -2.14. The highest BCUT2D eigenvalue weighted by Crippen LogP contribution is 2.33. The molecule has 0 spiro atoms. The predicted molar refractivity (Wildman–Crippen MR) is 124 cm³/mol. The van der Waals surface area contributed by atoms with Crippen LogP contribution in [0, 0.1) is 12.7 Å². The second-order valence-electron chi connectivity index (χ2n) is 7.78. The first-order valence-electron chi connectivity index (χ1n) is 10.4. The Morgan fingerprint density at radius 3 is 2.56 bits per heavy atom. The Morgan fingerprint density at radius 1 is 1.03 bits per heavy atom. The first kappa shape index (κ1) is 21.1. The number of carbonyl (C=O) groups excluding carboxylic acids is 2. The molecule has 0 saturated heterocycles. The summed E-state index contributed by atoms with van der Waals surface area (Å²) >= 11 is 0. The number of rotatable bonds is 5. The summed E-state index contributed by atoms with van der Waals surface area (Å²) in [6.07, 6.45) is 0. The maximum atomic E-state index is 13.3. The summed E-state index contributed by atoms with van der Waals surface area (Å²) in [4.78, 5) is 26.2. The number of para-hydroxylation sites is 1. The van der Waals surface area contributed by atoms with Gasteiger partial charge < -0.3 is 14.8 Å². The van der Waals surface area contributed by atoms with E-state index in [9.17, 15) is 19.1 Å². The number of aromatic nitrogens is 2. The van der Waals surface area contributed by atoms with Gasteiger partial charge in [0.05, 0.1) is 11.4 Å². The second-order valence-corrected chi connectivity index (χ2v) is 7.78. The van der Waals surface area contributed by atoms with Crippen molar-refractivity contribution in [3.05, 3.63) is 101 Å². The average Bonchev–Trinajstić information content (AvgIpc) is 3.45. The van der Waals surface area contributed by atoms with E-state index in [1.807, 2.05) is 13.0 Å². The number of benzene rings is 3. The van der Waals surface area contributed by atoms with Crippen molar-refractivity contribution in [2.75, 3.05) is 5.32 Å². The summed E-state index contributed by atoms with van der Waals surface area (Å²) in [5.41, 5.74) is 2.71. The highest BCUT2D eigenvalue weighted by Gasteiger charge is 2.24. The molecule has 1 amide bonds. The SMILES string of the molecule is Cc1ccc(-c2cc(C(=O)Nc3c(C(=O)c4ccc(F)cc4)oc4ccccc34)[nH]n2)c(O)c1. The fraction of sp³-hybridized carbons (Fsp3) is 0.0385. The van der Waals surface area contributed by atoms with E-state index in [4.69, 9.17) is 4.42 Å². The number of nitrogens with zero attached hydrogens (tertiary/aromatic N) is 1. The monoisotopic (exact) mass is 455 g/mol. The third-order valence-electron chi connectivity index (χ3n) is 5.40. The molecule has 7 nitrogen and oxygen atoms in total. The highest BCUT2D eigenvalue weighted by atomic mass is 19.1. The third kappa shape index (κ3) is 3.81. The topological polar surface area (TPSA) is 108 Å².